The topological polar surface area (TPSA) is 88.1 Å². The van der Waals surface area contributed by atoms with Crippen LogP contribution in [0, 0.1) is 13.8 Å². The third-order valence-electron chi connectivity index (χ3n) is 5.36. The van der Waals surface area contributed by atoms with Crippen LogP contribution in [0.25, 0.3) is 0 Å². The van der Waals surface area contributed by atoms with Crippen molar-refractivity contribution in [3.63, 3.8) is 0 Å². The molecule has 33 heavy (non-hydrogen) atoms. The Kier molecular flexibility index (Phi) is 7.00. The number of carbonyl (C=O) groups is 3. The molecule has 1 N–H and O–H groups in total. The SMILES string of the molecule is Cc1ccc(C(=O)NCC(=O)OCC(=O)N2N=C(c3cccs3)CC2c2cccs2)cc1C. The van der Waals surface area contributed by atoms with E-state index in [2.05, 4.69) is 10.4 Å². The van der Waals surface area contributed by atoms with Gasteiger partial charge in [0.15, 0.2) is 6.61 Å². The summed E-state index contributed by atoms with van der Waals surface area (Å²) in [6, 6.07) is 12.9. The summed E-state index contributed by atoms with van der Waals surface area (Å²) >= 11 is 3.13. The second-order valence-electron chi connectivity index (χ2n) is 7.64. The molecule has 2 amide bonds. The molecule has 0 saturated heterocycles. The molecule has 7 nitrogen and oxygen atoms in total. The number of rotatable bonds is 7. The minimum absolute atomic E-state index is 0.224. The van der Waals surface area contributed by atoms with E-state index < -0.39 is 18.5 Å². The smallest absolute Gasteiger partial charge is 0.325 e. The molecule has 9 heteroatoms. The minimum Gasteiger partial charge on any atom is -0.454 e. The van der Waals surface area contributed by atoms with Gasteiger partial charge in [-0.15, -0.1) is 22.7 Å². The van der Waals surface area contributed by atoms with Gasteiger partial charge in [-0.1, -0.05) is 18.2 Å². The Balaban J connectivity index is 1.34. The zero-order chi connectivity index (χ0) is 23.4. The highest BCUT2D eigenvalue weighted by Crippen LogP contribution is 2.35. The average Bonchev–Trinajstić information content (AvgIpc) is 3.58. The number of hydrazone groups is 1. The Hall–Kier alpha value is -3.30. The largest absolute Gasteiger partial charge is 0.454 e. The first-order chi connectivity index (χ1) is 15.9. The van der Waals surface area contributed by atoms with Crippen LogP contribution in [0.3, 0.4) is 0 Å². The number of ether oxygens (including phenoxy) is 1. The summed E-state index contributed by atoms with van der Waals surface area (Å²) in [5.74, 6) is -1.47. The van der Waals surface area contributed by atoms with Crippen molar-refractivity contribution in [2.45, 2.75) is 26.3 Å². The molecule has 3 aromatic rings. The van der Waals surface area contributed by atoms with E-state index in [4.69, 9.17) is 4.74 Å². The Morgan fingerprint density at radius 2 is 1.88 bits per heavy atom. The van der Waals surface area contributed by atoms with Gasteiger partial charge in [0.25, 0.3) is 11.8 Å². The maximum atomic E-state index is 12.9. The van der Waals surface area contributed by atoms with Gasteiger partial charge in [-0.2, -0.15) is 5.10 Å². The second kappa shape index (κ2) is 10.1. The van der Waals surface area contributed by atoms with Gasteiger partial charge in [-0.05, 0) is 60.0 Å². The van der Waals surface area contributed by atoms with Crippen molar-refractivity contribution in [1.29, 1.82) is 0 Å². The predicted molar refractivity (Wildman–Crippen MR) is 129 cm³/mol. The number of nitrogens with zero attached hydrogens (tertiary/aromatic N) is 2. The Morgan fingerprint density at radius 1 is 1.09 bits per heavy atom. The molecule has 1 aromatic carbocycles. The highest BCUT2D eigenvalue weighted by molar-refractivity contribution is 7.12. The van der Waals surface area contributed by atoms with E-state index in [0.717, 1.165) is 26.6 Å². The molecule has 0 bridgehead atoms. The minimum atomic E-state index is -0.685. The van der Waals surface area contributed by atoms with Gasteiger partial charge in [-0.3, -0.25) is 14.4 Å². The standard InChI is InChI=1S/C24H23N3O4S2/c1-15-7-8-17(11-16(15)2)24(30)25-13-23(29)31-14-22(28)27-19(21-6-4-10-33-21)12-18(26-27)20-5-3-9-32-20/h3-11,19H,12-14H2,1-2H3,(H,25,30). The summed E-state index contributed by atoms with van der Waals surface area (Å²) in [5, 5.41) is 12.4. The van der Waals surface area contributed by atoms with Gasteiger partial charge in [0.2, 0.25) is 0 Å². The van der Waals surface area contributed by atoms with Crippen molar-refractivity contribution in [2.75, 3.05) is 13.2 Å². The fourth-order valence-electron chi connectivity index (χ4n) is 3.43. The maximum Gasteiger partial charge on any atom is 0.325 e. The van der Waals surface area contributed by atoms with Crippen LogP contribution in [-0.2, 0) is 14.3 Å². The van der Waals surface area contributed by atoms with Gasteiger partial charge >= 0.3 is 5.97 Å². The van der Waals surface area contributed by atoms with Crippen molar-refractivity contribution in [2.24, 2.45) is 5.10 Å². The number of amides is 2. The summed E-state index contributed by atoms with van der Waals surface area (Å²) in [4.78, 5) is 39.3. The summed E-state index contributed by atoms with van der Waals surface area (Å²) in [5.41, 5.74) is 3.37. The molecule has 0 aliphatic carbocycles. The van der Waals surface area contributed by atoms with Gasteiger partial charge < -0.3 is 10.1 Å². The molecule has 4 rings (SSSR count). The van der Waals surface area contributed by atoms with Gasteiger partial charge in [0.05, 0.1) is 16.6 Å². The van der Waals surface area contributed by atoms with Crippen LogP contribution in [0.5, 0.6) is 0 Å². The number of aryl methyl sites for hydroxylation is 2. The van der Waals surface area contributed by atoms with Crippen LogP contribution in [-0.4, -0.2) is 41.7 Å². The first-order valence-corrected chi connectivity index (χ1v) is 12.2. The zero-order valence-corrected chi connectivity index (χ0v) is 19.9. The van der Waals surface area contributed by atoms with Crippen molar-refractivity contribution >= 4 is 46.2 Å². The maximum absolute atomic E-state index is 12.9. The molecule has 170 valence electrons. The van der Waals surface area contributed by atoms with Crippen LogP contribution in [0.4, 0.5) is 0 Å². The lowest BCUT2D eigenvalue weighted by Gasteiger charge is -2.20. The Morgan fingerprint density at radius 3 is 2.58 bits per heavy atom. The number of nitrogens with one attached hydrogen (secondary N) is 1. The molecular weight excluding hydrogens is 458 g/mol. The highest BCUT2D eigenvalue weighted by atomic mass is 32.1. The molecule has 0 fully saturated rings. The molecule has 0 saturated carbocycles. The second-order valence-corrected chi connectivity index (χ2v) is 9.57. The summed E-state index contributed by atoms with van der Waals surface area (Å²) in [7, 11) is 0. The van der Waals surface area contributed by atoms with E-state index in [-0.39, 0.29) is 18.5 Å². The first kappa shape index (κ1) is 22.9. The first-order valence-electron chi connectivity index (χ1n) is 10.4. The number of esters is 1. The van der Waals surface area contributed by atoms with E-state index >= 15 is 0 Å². The molecule has 1 unspecified atom stereocenters. The van der Waals surface area contributed by atoms with Crippen molar-refractivity contribution in [3.05, 3.63) is 79.7 Å². The van der Waals surface area contributed by atoms with E-state index in [1.165, 1.54) is 5.01 Å². The number of thiophene rings is 2. The summed E-state index contributed by atoms with van der Waals surface area (Å²) < 4.78 is 5.13. The lowest BCUT2D eigenvalue weighted by Crippen LogP contribution is -2.34. The van der Waals surface area contributed by atoms with E-state index in [9.17, 15) is 14.4 Å². The third-order valence-corrected chi connectivity index (χ3v) is 7.25. The fraction of sp³-hybridized carbons (Fsp3) is 0.250. The van der Waals surface area contributed by atoms with Crippen molar-refractivity contribution in [3.8, 4) is 0 Å². The van der Waals surface area contributed by atoms with E-state index in [0.29, 0.717) is 12.0 Å². The van der Waals surface area contributed by atoms with Crippen molar-refractivity contribution < 1.29 is 19.1 Å². The summed E-state index contributed by atoms with van der Waals surface area (Å²) in [6.45, 7) is 3.11. The quantitative estimate of drug-likeness (QED) is 0.515. The van der Waals surface area contributed by atoms with Crippen LogP contribution < -0.4 is 5.32 Å². The zero-order valence-electron chi connectivity index (χ0n) is 18.2. The van der Waals surface area contributed by atoms with Gasteiger partial charge in [-0.25, -0.2) is 5.01 Å². The third kappa shape index (κ3) is 5.37. The predicted octanol–water partition coefficient (Wildman–Crippen LogP) is 4.08. The van der Waals surface area contributed by atoms with E-state index in [1.54, 1.807) is 34.8 Å². The van der Waals surface area contributed by atoms with Gasteiger partial charge in [0, 0.05) is 16.9 Å². The molecular formula is C24H23N3O4S2. The summed E-state index contributed by atoms with van der Waals surface area (Å²) in [6.07, 6.45) is 0.604. The Bertz CT molecular complexity index is 1190. The molecule has 1 aliphatic rings. The van der Waals surface area contributed by atoms with Crippen LogP contribution in [0.15, 0.2) is 58.3 Å². The highest BCUT2D eigenvalue weighted by Gasteiger charge is 2.34. The number of hydrogen-bond acceptors (Lipinski definition) is 7. The van der Waals surface area contributed by atoms with Crippen LogP contribution in [0.1, 0.15) is 43.7 Å². The number of benzene rings is 1. The molecule has 0 radical (unpaired) electrons. The lowest BCUT2D eigenvalue weighted by atomic mass is 10.1. The molecule has 3 heterocycles. The van der Waals surface area contributed by atoms with Crippen LogP contribution in [0.2, 0.25) is 0 Å². The Labute approximate surface area is 199 Å². The molecule has 2 aromatic heterocycles. The monoisotopic (exact) mass is 481 g/mol. The number of hydrogen-bond donors (Lipinski definition) is 1. The lowest BCUT2D eigenvalue weighted by molar-refractivity contribution is -0.151. The number of carbonyl (C=O) groups excluding carboxylic acids is 3. The van der Waals surface area contributed by atoms with Crippen molar-refractivity contribution in [1.82, 2.24) is 10.3 Å². The van der Waals surface area contributed by atoms with Gasteiger partial charge in [0.1, 0.15) is 6.54 Å². The normalized spacial score (nSPS) is 15.3. The molecule has 1 aliphatic heterocycles. The molecule has 0 spiro atoms. The van der Waals surface area contributed by atoms with Crippen LogP contribution >= 0.6 is 22.7 Å². The molecule has 1 atom stereocenters. The average molecular weight is 482 g/mol. The fourth-order valence-corrected chi connectivity index (χ4v) is 4.96. The van der Waals surface area contributed by atoms with E-state index in [1.807, 2.05) is 54.9 Å².